The van der Waals surface area contributed by atoms with Gasteiger partial charge in [-0.15, -0.1) is 0 Å². The standard InChI is InChI=1S/C18H27NO2/c1-14(2)12-18(10-7-11-18)16(20)19-13-17(3,21)15-8-5-4-6-9-15/h4-6,8-9,14,21H,7,10-13H2,1-3H3,(H,19,20). The van der Waals surface area contributed by atoms with Crippen molar-refractivity contribution in [2.45, 2.75) is 52.1 Å². The van der Waals surface area contributed by atoms with E-state index >= 15 is 0 Å². The lowest BCUT2D eigenvalue weighted by Gasteiger charge is -2.42. The molecule has 0 aromatic heterocycles. The van der Waals surface area contributed by atoms with Crippen LogP contribution in [0.5, 0.6) is 0 Å². The molecule has 0 heterocycles. The number of carbonyl (C=O) groups excluding carboxylic acids is 1. The van der Waals surface area contributed by atoms with E-state index < -0.39 is 5.60 Å². The summed E-state index contributed by atoms with van der Waals surface area (Å²) < 4.78 is 0. The van der Waals surface area contributed by atoms with Gasteiger partial charge in [-0.3, -0.25) is 4.79 Å². The first-order valence-electron chi connectivity index (χ1n) is 7.92. The van der Waals surface area contributed by atoms with Crippen molar-refractivity contribution < 1.29 is 9.90 Å². The van der Waals surface area contributed by atoms with Crippen LogP contribution < -0.4 is 5.32 Å². The van der Waals surface area contributed by atoms with Gasteiger partial charge in [0.1, 0.15) is 5.60 Å². The van der Waals surface area contributed by atoms with Crippen LogP contribution in [0.15, 0.2) is 30.3 Å². The molecule has 1 fully saturated rings. The second-order valence-electron chi connectivity index (χ2n) is 7.05. The second-order valence-corrected chi connectivity index (χ2v) is 7.05. The van der Waals surface area contributed by atoms with Crippen LogP contribution in [-0.4, -0.2) is 17.6 Å². The van der Waals surface area contributed by atoms with Gasteiger partial charge in [0.05, 0.1) is 6.54 Å². The van der Waals surface area contributed by atoms with E-state index in [4.69, 9.17) is 0 Å². The molecular weight excluding hydrogens is 262 g/mol. The molecule has 1 aromatic carbocycles. The van der Waals surface area contributed by atoms with Crippen LogP contribution >= 0.6 is 0 Å². The molecule has 0 bridgehead atoms. The van der Waals surface area contributed by atoms with Crippen molar-refractivity contribution in [2.24, 2.45) is 11.3 Å². The zero-order valence-electron chi connectivity index (χ0n) is 13.4. The van der Waals surface area contributed by atoms with Gasteiger partial charge < -0.3 is 10.4 Å². The van der Waals surface area contributed by atoms with Crippen LogP contribution in [0.25, 0.3) is 0 Å². The lowest BCUT2D eigenvalue weighted by molar-refractivity contribution is -0.138. The summed E-state index contributed by atoms with van der Waals surface area (Å²) in [6.45, 7) is 6.33. The molecule has 116 valence electrons. The van der Waals surface area contributed by atoms with Crippen molar-refractivity contribution in [1.82, 2.24) is 5.32 Å². The van der Waals surface area contributed by atoms with E-state index in [1.54, 1.807) is 6.92 Å². The molecule has 1 unspecified atom stereocenters. The summed E-state index contributed by atoms with van der Waals surface area (Å²) in [5, 5.41) is 13.5. The Kier molecular flexibility index (Phi) is 4.72. The van der Waals surface area contributed by atoms with Gasteiger partial charge >= 0.3 is 0 Å². The van der Waals surface area contributed by atoms with E-state index in [1.165, 1.54) is 0 Å². The fraction of sp³-hybridized carbons (Fsp3) is 0.611. The van der Waals surface area contributed by atoms with Crippen molar-refractivity contribution in [1.29, 1.82) is 0 Å². The highest BCUT2D eigenvalue weighted by atomic mass is 16.3. The number of hydrogen-bond acceptors (Lipinski definition) is 2. The minimum Gasteiger partial charge on any atom is -0.384 e. The Labute approximate surface area is 127 Å². The Balaban J connectivity index is 1.97. The van der Waals surface area contributed by atoms with Gasteiger partial charge in [-0.2, -0.15) is 0 Å². The van der Waals surface area contributed by atoms with E-state index in [1.807, 2.05) is 30.3 Å². The van der Waals surface area contributed by atoms with E-state index in [-0.39, 0.29) is 17.9 Å². The van der Waals surface area contributed by atoms with Crippen LogP contribution in [0, 0.1) is 11.3 Å². The summed E-state index contributed by atoms with van der Waals surface area (Å²) in [5.74, 6) is 0.629. The summed E-state index contributed by atoms with van der Waals surface area (Å²) in [6, 6.07) is 9.50. The van der Waals surface area contributed by atoms with E-state index in [0.29, 0.717) is 5.92 Å². The summed E-state index contributed by atoms with van der Waals surface area (Å²) in [6.07, 6.45) is 4.02. The number of benzene rings is 1. The zero-order chi connectivity index (χ0) is 15.5. The van der Waals surface area contributed by atoms with Crippen LogP contribution in [-0.2, 0) is 10.4 Å². The van der Waals surface area contributed by atoms with Crippen molar-refractivity contribution in [2.75, 3.05) is 6.54 Å². The molecule has 0 spiro atoms. The highest BCUT2D eigenvalue weighted by molar-refractivity contribution is 5.83. The van der Waals surface area contributed by atoms with Crippen LogP contribution in [0.3, 0.4) is 0 Å². The average molecular weight is 289 g/mol. The maximum Gasteiger partial charge on any atom is 0.226 e. The highest BCUT2D eigenvalue weighted by Gasteiger charge is 2.44. The summed E-state index contributed by atoms with van der Waals surface area (Å²) in [4.78, 5) is 12.5. The molecule has 2 rings (SSSR count). The lowest BCUT2D eigenvalue weighted by Crippen LogP contribution is -2.49. The highest BCUT2D eigenvalue weighted by Crippen LogP contribution is 2.46. The van der Waals surface area contributed by atoms with Crippen LogP contribution in [0.4, 0.5) is 0 Å². The third-order valence-corrected chi connectivity index (χ3v) is 4.58. The molecule has 3 nitrogen and oxygen atoms in total. The first-order valence-corrected chi connectivity index (χ1v) is 7.92. The fourth-order valence-corrected chi connectivity index (χ4v) is 3.25. The van der Waals surface area contributed by atoms with Crippen LogP contribution in [0.1, 0.15) is 52.0 Å². The quantitative estimate of drug-likeness (QED) is 0.844. The first-order chi connectivity index (χ1) is 9.86. The van der Waals surface area contributed by atoms with Gasteiger partial charge in [-0.1, -0.05) is 50.6 Å². The Morgan fingerprint density at radius 1 is 1.33 bits per heavy atom. The fourth-order valence-electron chi connectivity index (χ4n) is 3.25. The summed E-state index contributed by atoms with van der Waals surface area (Å²) in [5.41, 5.74) is -0.391. The second kappa shape index (κ2) is 6.18. The predicted molar refractivity (Wildman–Crippen MR) is 84.8 cm³/mol. The molecule has 0 aliphatic heterocycles. The van der Waals surface area contributed by atoms with Crippen molar-refractivity contribution in [3.8, 4) is 0 Å². The third-order valence-electron chi connectivity index (χ3n) is 4.58. The average Bonchev–Trinajstić information content (AvgIpc) is 2.41. The molecule has 0 saturated heterocycles. The van der Waals surface area contributed by atoms with Gasteiger partial charge in [0, 0.05) is 5.41 Å². The molecule has 3 heteroatoms. The number of hydrogen-bond donors (Lipinski definition) is 2. The molecule has 1 atom stereocenters. The number of nitrogens with one attached hydrogen (secondary N) is 1. The van der Waals surface area contributed by atoms with Gasteiger partial charge in [0.2, 0.25) is 5.91 Å². The monoisotopic (exact) mass is 289 g/mol. The minimum atomic E-state index is -1.03. The maximum absolute atomic E-state index is 12.5. The molecule has 2 N–H and O–H groups in total. The molecule has 1 saturated carbocycles. The molecule has 21 heavy (non-hydrogen) atoms. The van der Waals surface area contributed by atoms with E-state index in [0.717, 1.165) is 31.2 Å². The van der Waals surface area contributed by atoms with Gasteiger partial charge in [0.15, 0.2) is 0 Å². The number of carbonyl (C=O) groups is 1. The Hall–Kier alpha value is -1.35. The Bertz CT molecular complexity index is 475. The normalized spacial score (nSPS) is 19.7. The zero-order valence-corrected chi connectivity index (χ0v) is 13.4. The Morgan fingerprint density at radius 2 is 1.95 bits per heavy atom. The smallest absolute Gasteiger partial charge is 0.226 e. The number of aliphatic hydroxyl groups is 1. The lowest BCUT2D eigenvalue weighted by atomic mass is 9.64. The summed E-state index contributed by atoms with van der Waals surface area (Å²) >= 11 is 0. The number of rotatable bonds is 6. The number of amides is 1. The van der Waals surface area contributed by atoms with Crippen molar-refractivity contribution in [3.05, 3.63) is 35.9 Å². The topological polar surface area (TPSA) is 49.3 Å². The van der Waals surface area contributed by atoms with Gasteiger partial charge in [-0.05, 0) is 37.7 Å². The van der Waals surface area contributed by atoms with Gasteiger partial charge in [-0.25, -0.2) is 0 Å². The van der Waals surface area contributed by atoms with Crippen molar-refractivity contribution in [3.63, 3.8) is 0 Å². The molecule has 0 radical (unpaired) electrons. The summed E-state index contributed by atoms with van der Waals surface area (Å²) in [7, 11) is 0. The maximum atomic E-state index is 12.5. The van der Waals surface area contributed by atoms with Crippen LogP contribution in [0.2, 0.25) is 0 Å². The van der Waals surface area contributed by atoms with E-state index in [9.17, 15) is 9.90 Å². The molecule has 1 aliphatic rings. The minimum absolute atomic E-state index is 0.110. The first kappa shape index (κ1) is 16.0. The van der Waals surface area contributed by atoms with Gasteiger partial charge in [0.25, 0.3) is 0 Å². The molecule has 1 amide bonds. The predicted octanol–water partition coefficient (Wildman–Crippen LogP) is 3.23. The molecular formula is C18H27NO2. The molecule has 1 aliphatic carbocycles. The largest absolute Gasteiger partial charge is 0.384 e. The SMILES string of the molecule is CC(C)CC1(C(=O)NCC(C)(O)c2ccccc2)CCC1. The van der Waals surface area contributed by atoms with Crippen molar-refractivity contribution >= 4 is 5.91 Å². The van der Waals surface area contributed by atoms with E-state index in [2.05, 4.69) is 19.2 Å². The molecule has 1 aromatic rings. The third kappa shape index (κ3) is 3.65. The Morgan fingerprint density at radius 3 is 2.43 bits per heavy atom.